The normalized spacial score (nSPS) is 16.2. The minimum Gasteiger partial charge on any atom is -0.491 e. The van der Waals surface area contributed by atoms with Gasteiger partial charge in [-0.1, -0.05) is 12.1 Å². The maximum absolute atomic E-state index is 8.58. The first-order valence-corrected chi connectivity index (χ1v) is 7.49. The molecule has 0 atom stereocenters. The van der Waals surface area contributed by atoms with Gasteiger partial charge >= 0.3 is 0 Å². The largest absolute Gasteiger partial charge is 0.491 e. The lowest BCUT2D eigenvalue weighted by Crippen LogP contribution is -2.28. The Labute approximate surface area is 121 Å². The highest BCUT2D eigenvalue weighted by Gasteiger charge is 2.13. The topological polar surface area (TPSA) is 50.7 Å². The molecule has 1 saturated heterocycles. The molecule has 1 heterocycles. The van der Waals surface area contributed by atoms with E-state index in [0.717, 1.165) is 24.8 Å². The fraction of sp³-hybridized carbons (Fsp3) is 0.625. The molecule has 20 heavy (non-hydrogen) atoms. The van der Waals surface area contributed by atoms with Crippen molar-refractivity contribution in [1.29, 1.82) is 0 Å². The molecular formula is C16H25NO3. The zero-order valence-electron chi connectivity index (χ0n) is 12.0. The lowest BCUT2D eigenvalue weighted by Gasteiger charge is -2.22. The smallest absolute Gasteiger partial charge is 0.119 e. The van der Waals surface area contributed by atoms with Gasteiger partial charge in [-0.25, -0.2) is 0 Å². The average molecular weight is 279 g/mol. The van der Waals surface area contributed by atoms with E-state index in [2.05, 4.69) is 17.4 Å². The molecule has 1 aliphatic rings. The Morgan fingerprint density at radius 2 is 1.80 bits per heavy atom. The van der Waals surface area contributed by atoms with Gasteiger partial charge in [-0.15, -0.1) is 0 Å². The van der Waals surface area contributed by atoms with Gasteiger partial charge in [-0.05, 0) is 56.0 Å². The van der Waals surface area contributed by atoms with Gasteiger partial charge in [0.25, 0.3) is 0 Å². The fourth-order valence-corrected chi connectivity index (χ4v) is 2.53. The summed E-state index contributed by atoms with van der Waals surface area (Å²) in [5, 5.41) is 12.0. The van der Waals surface area contributed by atoms with E-state index in [1.807, 2.05) is 12.1 Å². The molecule has 0 spiro atoms. The van der Waals surface area contributed by atoms with Gasteiger partial charge in [0.05, 0.1) is 19.8 Å². The molecule has 2 N–H and O–H groups in total. The Morgan fingerprint density at radius 3 is 2.50 bits per heavy atom. The summed E-state index contributed by atoms with van der Waals surface area (Å²) in [4.78, 5) is 0. The molecule has 4 heteroatoms. The van der Waals surface area contributed by atoms with Crippen LogP contribution in [0.3, 0.4) is 0 Å². The molecule has 0 aromatic heterocycles. The quantitative estimate of drug-likeness (QED) is 0.710. The second-order valence-electron chi connectivity index (χ2n) is 5.23. The zero-order valence-corrected chi connectivity index (χ0v) is 12.0. The first-order valence-electron chi connectivity index (χ1n) is 7.49. The molecule has 1 fully saturated rings. The van der Waals surface area contributed by atoms with Crippen LogP contribution in [0.15, 0.2) is 24.3 Å². The Morgan fingerprint density at radius 1 is 1.05 bits per heavy atom. The SMILES string of the molecule is OCCOCCOc1ccc(CC2CCNCC2)cc1. The Hall–Kier alpha value is -1.10. The van der Waals surface area contributed by atoms with Crippen molar-refractivity contribution >= 4 is 0 Å². The Balaban J connectivity index is 1.69. The summed E-state index contributed by atoms with van der Waals surface area (Å²) in [6, 6.07) is 8.38. The summed E-state index contributed by atoms with van der Waals surface area (Å²) in [6.45, 7) is 3.77. The van der Waals surface area contributed by atoms with Crippen molar-refractivity contribution < 1.29 is 14.6 Å². The van der Waals surface area contributed by atoms with Crippen molar-refractivity contribution in [1.82, 2.24) is 5.32 Å². The highest BCUT2D eigenvalue weighted by molar-refractivity contribution is 5.27. The second-order valence-corrected chi connectivity index (χ2v) is 5.23. The molecule has 0 amide bonds. The zero-order chi connectivity index (χ0) is 14.0. The van der Waals surface area contributed by atoms with Crippen LogP contribution in [0.2, 0.25) is 0 Å². The fourth-order valence-electron chi connectivity index (χ4n) is 2.53. The third kappa shape index (κ3) is 5.49. The van der Waals surface area contributed by atoms with E-state index in [1.165, 1.54) is 24.8 Å². The predicted molar refractivity (Wildman–Crippen MR) is 79.1 cm³/mol. The van der Waals surface area contributed by atoms with Gasteiger partial charge < -0.3 is 19.9 Å². The van der Waals surface area contributed by atoms with Crippen LogP contribution >= 0.6 is 0 Å². The maximum atomic E-state index is 8.58. The summed E-state index contributed by atoms with van der Waals surface area (Å²) < 4.78 is 10.7. The third-order valence-electron chi connectivity index (χ3n) is 3.64. The summed E-state index contributed by atoms with van der Waals surface area (Å²) in [5.74, 6) is 1.70. The molecule has 1 aliphatic heterocycles. The van der Waals surface area contributed by atoms with Crippen LogP contribution in [-0.4, -0.2) is 44.6 Å². The molecule has 0 unspecified atom stereocenters. The number of benzene rings is 1. The Kier molecular flexibility index (Phi) is 6.84. The van der Waals surface area contributed by atoms with E-state index in [-0.39, 0.29) is 6.61 Å². The van der Waals surface area contributed by atoms with Crippen molar-refractivity contribution in [3.8, 4) is 5.75 Å². The molecular weight excluding hydrogens is 254 g/mol. The molecule has 112 valence electrons. The molecule has 0 aliphatic carbocycles. The van der Waals surface area contributed by atoms with Crippen LogP contribution in [-0.2, 0) is 11.2 Å². The van der Waals surface area contributed by atoms with Crippen LogP contribution in [0, 0.1) is 5.92 Å². The summed E-state index contributed by atoms with van der Waals surface area (Å²) >= 11 is 0. The number of rotatable bonds is 8. The summed E-state index contributed by atoms with van der Waals surface area (Å²) in [5.41, 5.74) is 1.39. The van der Waals surface area contributed by atoms with Gasteiger partial charge in [-0.3, -0.25) is 0 Å². The number of nitrogens with one attached hydrogen (secondary N) is 1. The van der Waals surface area contributed by atoms with E-state index in [1.54, 1.807) is 0 Å². The number of hydrogen-bond acceptors (Lipinski definition) is 4. The number of aliphatic hydroxyl groups is 1. The predicted octanol–water partition coefficient (Wildman–Crippen LogP) is 1.62. The number of aliphatic hydroxyl groups excluding tert-OH is 1. The van der Waals surface area contributed by atoms with Crippen molar-refractivity contribution in [2.24, 2.45) is 5.92 Å². The molecule has 1 aromatic rings. The van der Waals surface area contributed by atoms with Crippen molar-refractivity contribution in [3.63, 3.8) is 0 Å². The number of piperidine rings is 1. The minimum atomic E-state index is 0.0609. The van der Waals surface area contributed by atoms with Crippen molar-refractivity contribution in [2.75, 3.05) is 39.5 Å². The van der Waals surface area contributed by atoms with E-state index in [4.69, 9.17) is 14.6 Å². The first-order chi connectivity index (χ1) is 9.88. The van der Waals surface area contributed by atoms with Gasteiger partial charge in [0.15, 0.2) is 0 Å². The lowest BCUT2D eigenvalue weighted by molar-refractivity contribution is 0.0705. The van der Waals surface area contributed by atoms with Crippen LogP contribution in [0.25, 0.3) is 0 Å². The molecule has 2 rings (SSSR count). The van der Waals surface area contributed by atoms with Crippen LogP contribution in [0.4, 0.5) is 0 Å². The standard InChI is InChI=1S/C16H25NO3/c18-9-10-19-11-12-20-16-3-1-14(2-4-16)13-15-5-7-17-8-6-15/h1-4,15,17-18H,5-13H2. The molecule has 0 saturated carbocycles. The number of ether oxygens (including phenoxy) is 2. The van der Waals surface area contributed by atoms with Crippen molar-refractivity contribution in [3.05, 3.63) is 29.8 Å². The van der Waals surface area contributed by atoms with E-state index in [9.17, 15) is 0 Å². The molecule has 4 nitrogen and oxygen atoms in total. The second kappa shape index (κ2) is 8.95. The highest BCUT2D eigenvalue weighted by atomic mass is 16.5. The number of hydrogen-bond donors (Lipinski definition) is 2. The van der Waals surface area contributed by atoms with Gasteiger partial charge in [0.2, 0.25) is 0 Å². The summed E-state index contributed by atoms with van der Waals surface area (Å²) in [6.07, 6.45) is 3.72. The van der Waals surface area contributed by atoms with Crippen LogP contribution in [0.1, 0.15) is 18.4 Å². The highest BCUT2D eigenvalue weighted by Crippen LogP contribution is 2.20. The monoisotopic (exact) mass is 279 g/mol. The van der Waals surface area contributed by atoms with Gasteiger partial charge in [0.1, 0.15) is 12.4 Å². The van der Waals surface area contributed by atoms with E-state index >= 15 is 0 Å². The molecule has 0 radical (unpaired) electrons. The van der Waals surface area contributed by atoms with Crippen molar-refractivity contribution in [2.45, 2.75) is 19.3 Å². The third-order valence-corrected chi connectivity index (χ3v) is 3.64. The Bertz CT molecular complexity index is 360. The van der Waals surface area contributed by atoms with Gasteiger partial charge in [-0.2, -0.15) is 0 Å². The molecule has 1 aromatic carbocycles. The summed E-state index contributed by atoms with van der Waals surface area (Å²) in [7, 11) is 0. The van der Waals surface area contributed by atoms with Gasteiger partial charge in [0, 0.05) is 0 Å². The molecule has 0 bridgehead atoms. The van der Waals surface area contributed by atoms with E-state index in [0.29, 0.717) is 19.8 Å². The minimum absolute atomic E-state index is 0.0609. The van der Waals surface area contributed by atoms with Crippen LogP contribution < -0.4 is 10.1 Å². The van der Waals surface area contributed by atoms with E-state index < -0.39 is 0 Å². The first kappa shape index (κ1) is 15.3. The van der Waals surface area contributed by atoms with Crippen LogP contribution in [0.5, 0.6) is 5.75 Å². The lowest BCUT2D eigenvalue weighted by atomic mass is 9.91. The average Bonchev–Trinajstić information content (AvgIpc) is 2.50. The maximum Gasteiger partial charge on any atom is 0.119 e.